The Balaban J connectivity index is 1.54. The fourth-order valence-corrected chi connectivity index (χ4v) is 2.70. The first-order chi connectivity index (χ1) is 11.3. The Morgan fingerprint density at radius 2 is 1.91 bits per heavy atom. The molecule has 1 N–H and O–H groups in total. The molecular formula is C18H24N4O. The van der Waals surface area contributed by atoms with Crippen molar-refractivity contribution in [3.8, 4) is 0 Å². The molecule has 5 nitrogen and oxygen atoms in total. The lowest BCUT2D eigenvalue weighted by atomic mass is 10.1. The van der Waals surface area contributed by atoms with Gasteiger partial charge in [0.05, 0.1) is 13.2 Å². The summed E-state index contributed by atoms with van der Waals surface area (Å²) >= 11 is 0. The summed E-state index contributed by atoms with van der Waals surface area (Å²) in [6.45, 7) is 6.14. The van der Waals surface area contributed by atoms with Gasteiger partial charge in [-0.3, -0.25) is 0 Å². The van der Waals surface area contributed by atoms with Gasteiger partial charge in [0.2, 0.25) is 5.95 Å². The Kier molecular flexibility index (Phi) is 5.42. The van der Waals surface area contributed by atoms with Crippen LogP contribution in [0.4, 0.5) is 11.8 Å². The average molecular weight is 312 g/mol. The van der Waals surface area contributed by atoms with E-state index in [1.54, 1.807) is 0 Å². The van der Waals surface area contributed by atoms with Gasteiger partial charge >= 0.3 is 0 Å². The molecular weight excluding hydrogens is 288 g/mol. The molecule has 2 aromatic rings. The summed E-state index contributed by atoms with van der Waals surface area (Å²) in [5.74, 6) is 1.71. The molecule has 1 aromatic heterocycles. The molecule has 1 fully saturated rings. The summed E-state index contributed by atoms with van der Waals surface area (Å²) in [6.07, 6.45) is 2.16. The smallest absolute Gasteiger partial charge is 0.227 e. The number of anilines is 2. The minimum absolute atomic E-state index is 0.747. The Bertz CT molecular complexity index is 612. The highest BCUT2D eigenvalue weighted by atomic mass is 16.5. The van der Waals surface area contributed by atoms with Crippen LogP contribution in [0.5, 0.6) is 0 Å². The topological polar surface area (TPSA) is 50.3 Å². The normalized spacial score (nSPS) is 14.7. The number of hydrogen-bond donors (Lipinski definition) is 1. The van der Waals surface area contributed by atoms with Gasteiger partial charge in [-0.15, -0.1) is 0 Å². The number of aromatic nitrogens is 2. The lowest BCUT2D eigenvalue weighted by molar-refractivity contribution is 0.122. The van der Waals surface area contributed by atoms with E-state index >= 15 is 0 Å². The average Bonchev–Trinajstić information content (AvgIpc) is 2.60. The molecule has 0 unspecified atom stereocenters. The summed E-state index contributed by atoms with van der Waals surface area (Å²) in [6, 6.07) is 12.6. The fourth-order valence-electron chi connectivity index (χ4n) is 2.70. The first kappa shape index (κ1) is 15.7. The van der Waals surface area contributed by atoms with Crippen molar-refractivity contribution in [1.82, 2.24) is 9.97 Å². The molecule has 0 radical (unpaired) electrons. The van der Waals surface area contributed by atoms with Gasteiger partial charge in [-0.2, -0.15) is 4.98 Å². The van der Waals surface area contributed by atoms with Crippen LogP contribution in [-0.4, -0.2) is 42.8 Å². The maximum Gasteiger partial charge on any atom is 0.227 e. The highest BCUT2D eigenvalue weighted by molar-refractivity contribution is 5.43. The molecule has 1 aromatic carbocycles. The zero-order valence-electron chi connectivity index (χ0n) is 13.7. The fraction of sp³-hybridized carbons (Fsp3) is 0.444. The van der Waals surface area contributed by atoms with Gasteiger partial charge in [0.25, 0.3) is 0 Å². The molecule has 5 heteroatoms. The Labute approximate surface area is 137 Å². The molecule has 1 aliphatic rings. The van der Waals surface area contributed by atoms with Crippen LogP contribution < -0.4 is 10.2 Å². The van der Waals surface area contributed by atoms with Crippen molar-refractivity contribution in [3.63, 3.8) is 0 Å². The van der Waals surface area contributed by atoms with E-state index in [0.29, 0.717) is 0 Å². The SMILES string of the molecule is Cc1cc(NCCCc2ccccc2)nc(N2CCOCC2)n1. The lowest BCUT2D eigenvalue weighted by Crippen LogP contribution is -2.37. The van der Waals surface area contributed by atoms with E-state index in [4.69, 9.17) is 4.74 Å². The Morgan fingerprint density at radius 1 is 1.13 bits per heavy atom. The van der Waals surface area contributed by atoms with Crippen LogP contribution in [0.3, 0.4) is 0 Å². The number of hydrogen-bond acceptors (Lipinski definition) is 5. The van der Waals surface area contributed by atoms with Crippen molar-refractivity contribution in [1.29, 1.82) is 0 Å². The van der Waals surface area contributed by atoms with Crippen molar-refractivity contribution in [2.75, 3.05) is 43.1 Å². The molecule has 3 rings (SSSR count). The van der Waals surface area contributed by atoms with E-state index in [0.717, 1.165) is 63.1 Å². The second-order valence-corrected chi connectivity index (χ2v) is 5.81. The maximum atomic E-state index is 5.39. The molecule has 122 valence electrons. The van der Waals surface area contributed by atoms with E-state index in [1.165, 1.54) is 5.56 Å². The van der Waals surface area contributed by atoms with Gasteiger partial charge in [0, 0.05) is 31.4 Å². The first-order valence-corrected chi connectivity index (χ1v) is 8.27. The second-order valence-electron chi connectivity index (χ2n) is 5.81. The van der Waals surface area contributed by atoms with E-state index in [9.17, 15) is 0 Å². The van der Waals surface area contributed by atoms with Gasteiger partial charge in [-0.25, -0.2) is 4.98 Å². The molecule has 0 bridgehead atoms. The van der Waals surface area contributed by atoms with Gasteiger partial charge in [-0.1, -0.05) is 30.3 Å². The van der Waals surface area contributed by atoms with Crippen LogP contribution >= 0.6 is 0 Å². The molecule has 0 amide bonds. The van der Waals surface area contributed by atoms with E-state index in [1.807, 2.05) is 13.0 Å². The second kappa shape index (κ2) is 7.92. The molecule has 0 spiro atoms. The zero-order chi connectivity index (χ0) is 15.9. The predicted molar refractivity (Wildman–Crippen MR) is 93.1 cm³/mol. The molecule has 0 atom stereocenters. The summed E-state index contributed by atoms with van der Waals surface area (Å²) in [7, 11) is 0. The molecule has 1 saturated heterocycles. The largest absolute Gasteiger partial charge is 0.378 e. The standard InChI is InChI=1S/C18H24N4O/c1-15-14-17(19-9-5-8-16-6-3-2-4-7-16)21-18(20-15)22-10-12-23-13-11-22/h2-4,6-7,14H,5,8-13H2,1H3,(H,19,20,21). The highest BCUT2D eigenvalue weighted by Gasteiger charge is 2.14. The molecule has 1 aliphatic heterocycles. The third-order valence-corrected chi connectivity index (χ3v) is 3.93. The van der Waals surface area contributed by atoms with Gasteiger partial charge in [-0.05, 0) is 25.3 Å². The van der Waals surface area contributed by atoms with Crippen LogP contribution in [0, 0.1) is 6.92 Å². The quantitative estimate of drug-likeness (QED) is 0.831. The minimum Gasteiger partial charge on any atom is -0.378 e. The number of nitrogens with one attached hydrogen (secondary N) is 1. The molecule has 0 saturated carbocycles. The Morgan fingerprint density at radius 3 is 2.70 bits per heavy atom. The van der Waals surface area contributed by atoms with Crippen molar-refractivity contribution in [2.24, 2.45) is 0 Å². The summed E-state index contributed by atoms with van der Waals surface area (Å²) in [4.78, 5) is 11.4. The first-order valence-electron chi connectivity index (χ1n) is 8.27. The monoisotopic (exact) mass is 312 g/mol. The summed E-state index contributed by atoms with van der Waals surface area (Å²) in [5, 5.41) is 3.43. The van der Waals surface area contributed by atoms with Crippen LogP contribution in [-0.2, 0) is 11.2 Å². The number of aryl methyl sites for hydroxylation is 2. The van der Waals surface area contributed by atoms with Crippen LogP contribution in [0.2, 0.25) is 0 Å². The van der Waals surface area contributed by atoms with Crippen molar-refractivity contribution in [3.05, 3.63) is 47.7 Å². The lowest BCUT2D eigenvalue weighted by Gasteiger charge is -2.27. The van der Waals surface area contributed by atoms with Gasteiger partial charge < -0.3 is 15.0 Å². The van der Waals surface area contributed by atoms with Crippen molar-refractivity contribution < 1.29 is 4.74 Å². The number of benzene rings is 1. The maximum absolute atomic E-state index is 5.39. The van der Waals surface area contributed by atoms with E-state index in [-0.39, 0.29) is 0 Å². The van der Waals surface area contributed by atoms with E-state index < -0.39 is 0 Å². The number of nitrogens with zero attached hydrogens (tertiary/aromatic N) is 3. The van der Waals surface area contributed by atoms with Crippen LogP contribution in [0.1, 0.15) is 17.7 Å². The van der Waals surface area contributed by atoms with Crippen LogP contribution in [0.25, 0.3) is 0 Å². The van der Waals surface area contributed by atoms with Gasteiger partial charge in [0.1, 0.15) is 5.82 Å². The minimum atomic E-state index is 0.747. The molecule has 2 heterocycles. The van der Waals surface area contributed by atoms with E-state index in [2.05, 4.69) is 50.5 Å². The van der Waals surface area contributed by atoms with Crippen molar-refractivity contribution in [2.45, 2.75) is 19.8 Å². The number of rotatable bonds is 6. The van der Waals surface area contributed by atoms with Gasteiger partial charge in [0.15, 0.2) is 0 Å². The molecule has 0 aliphatic carbocycles. The third kappa shape index (κ3) is 4.66. The number of ether oxygens (including phenoxy) is 1. The zero-order valence-corrected chi connectivity index (χ0v) is 13.7. The Hall–Kier alpha value is -2.14. The van der Waals surface area contributed by atoms with Crippen LogP contribution in [0.15, 0.2) is 36.4 Å². The number of morpholine rings is 1. The highest BCUT2D eigenvalue weighted by Crippen LogP contribution is 2.15. The van der Waals surface area contributed by atoms with Crippen molar-refractivity contribution >= 4 is 11.8 Å². The third-order valence-electron chi connectivity index (χ3n) is 3.93. The summed E-state index contributed by atoms with van der Waals surface area (Å²) in [5.41, 5.74) is 2.37. The molecule has 23 heavy (non-hydrogen) atoms. The predicted octanol–water partition coefficient (Wildman–Crippen LogP) is 2.67. The summed E-state index contributed by atoms with van der Waals surface area (Å²) < 4.78 is 5.39.